The molecule has 0 atom stereocenters. The third-order valence-electron chi connectivity index (χ3n) is 6.12. The van der Waals surface area contributed by atoms with Gasteiger partial charge in [0.15, 0.2) is 4.96 Å². The van der Waals surface area contributed by atoms with Crippen molar-refractivity contribution in [3.05, 3.63) is 110 Å². The number of rotatable bonds is 3. The maximum atomic E-state index is 13.3. The third-order valence-corrected chi connectivity index (χ3v) is 7.09. The van der Waals surface area contributed by atoms with Gasteiger partial charge < -0.3 is 4.57 Å². The number of fused-ring (bicyclic) bond motifs is 4. The monoisotopic (exact) mass is 435 g/mol. The van der Waals surface area contributed by atoms with E-state index in [-0.39, 0.29) is 5.56 Å². The molecule has 0 unspecified atom stereocenters. The lowest BCUT2D eigenvalue weighted by molar-refractivity contribution is 0.803. The van der Waals surface area contributed by atoms with Crippen LogP contribution in [0.3, 0.4) is 0 Å². The summed E-state index contributed by atoms with van der Waals surface area (Å²) in [7, 11) is 0. The average Bonchev–Trinajstić information content (AvgIpc) is 3.39. The first-order valence-electron chi connectivity index (χ1n) is 10.7. The van der Waals surface area contributed by atoms with Gasteiger partial charge in [0.1, 0.15) is 0 Å². The van der Waals surface area contributed by atoms with Crippen LogP contribution in [-0.4, -0.2) is 14.0 Å². The van der Waals surface area contributed by atoms with E-state index in [0.717, 1.165) is 39.2 Å². The van der Waals surface area contributed by atoms with E-state index in [0.29, 0.717) is 4.53 Å². The van der Waals surface area contributed by atoms with Gasteiger partial charge in [0.05, 0.1) is 15.6 Å². The molecule has 0 aliphatic carbocycles. The summed E-state index contributed by atoms with van der Waals surface area (Å²) >= 11 is 1.45. The Bertz CT molecular complexity index is 1750. The largest absolute Gasteiger partial charge is 0.340 e. The normalized spacial score (nSPS) is 12.5. The van der Waals surface area contributed by atoms with Crippen LogP contribution < -0.4 is 10.1 Å². The lowest BCUT2D eigenvalue weighted by Gasteiger charge is -2.09. The van der Waals surface area contributed by atoms with Crippen molar-refractivity contribution in [2.24, 2.45) is 0 Å². The van der Waals surface area contributed by atoms with E-state index in [1.165, 1.54) is 28.0 Å². The number of hydrogen-bond donors (Lipinski definition) is 0. The highest BCUT2D eigenvalue weighted by atomic mass is 32.1. The second kappa shape index (κ2) is 7.18. The number of thiazole rings is 1. The molecule has 0 saturated carbocycles. The molecule has 0 bridgehead atoms. The number of para-hydroxylation sites is 3. The molecule has 0 N–H and O–H groups in total. The van der Waals surface area contributed by atoms with Crippen LogP contribution in [0.5, 0.6) is 0 Å². The minimum Gasteiger partial charge on any atom is -0.340 e. The molecule has 0 aliphatic heterocycles. The van der Waals surface area contributed by atoms with E-state index in [9.17, 15) is 4.79 Å². The van der Waals surface area contributed by atoms with Gasteiger partial charge in [-0.1, -0.05) is 71.5 Å². The van der Waals surface area contributed by atoms with Crippen LogP contribution in [0.25, 0.3) is 33.0 Å². The number of benzene rings is 3. The SMILES string of the molecule is Cc1cccc(Cn2c(C)c(/C=c3\sc4nc5ccccc5n4c3=O)c3ccccc32)c1. The minimum atomic E-state index is -0.00591. The van der Waals surface area contributed by atoms with Gasteiger partial charge in [-0.25, -0.2) is 9.38 Å². The molecule has 156 valence electrons. The molecule has 6 aromatic rings. The van der Waals surface area contributed by atoms with Gasteiger partial charge in [-0.05, 0) is 43.7 Å². The summed E-state index contributed by atoms with van der Waals surface area (Å²) in [6.45, 7) is 5.06. The van der Waals surface area contributed by atoms with Crippen LogP contribution in [0.15, 0.2) is 77.6 Å². The predicted molar refractivity (Wildman–Crippen MR) is 133 cm³/mol. The zero-order chi connectivity index (χ0) is 21.8. The lowest BCUT2D eigenvalue weighted by Crippen LogP contribution is -2.22. The summed E-state index contributed by atoms with van der Waals surface area (Å²) in [4.78, 5) is 18.7. The third kappa shape index (κ3) is 2.89. The summed E-state index contributed by atoms with van der Waals surface area (Å²) in [5.41, 5.74) is 7.67. The van der Waals surface area contributed by atoms with E-state index in [1.807, 2.05) is 30.3 Å². The van der Waals surface area contributed by atoms with Crippen molar-refractivity contribution in [2.45, 2.75) is 20.4 Å². The van der Waals surface area contributed by atoms with Crippen LogP contribution in [-0.2, 0) is 6.54 Å². The van der Waals surface area contributed by atoms with Gasteiger partial charge >= 0.3 is 0 Å². The van der Waals surface area contributed by atoms with Crippen LogP contribution in [0, 0.1) is 13.8 Å². The summed E-state index contributed by atoms with van der Waals surface area (Å²) in [5, 5.41) is 1.16. The molecule has 0 spiro atoms. The molecule has 3 aromatic heterocycles. The number of imidazole rings is 1. The second-order valence-electron chi connectivity index (χ2n) is 8.23. The van der Waals surface area contributed by atoms with Crippen LogP contribution >= 0.6 is 11.3 Å². The van der Waals surface area contributed by atoms with Gasteiger partial charge in [-0.15, -0.1) is 0 Å². The van der Waals surface area contributed by atoms with E-state index in [4.69, 9.17) is 0 Å². The van der Waals surface area contributed by atoms with Crippen molar-refractivity contribution >= 4 is 44.3 Å². The fraction of sp³-hybridized carbons (Fsp3) is 0.111. The molecular weight excluding hydrogens is 414 g/mol. The smallest absolute Gasteiger partial charge is 0.274 e. The Morgan fingerprint density at radius 3 is 2.56 bits per heavy atom. The zero-order valence-electron chi connectivity index (χ0n) is 17.9. The summed E-state index contributed by atoms with van der Waals surface area (Å²) in [6.07, 6.45) is 2.04. The first-order valence-corrected chi connectivity index (χ1v) is 11.5. The molecular formula is C27H21N3OS. The van der Waals surface area contributed by atoms with Crippen molar-refractivity contribution in [1.82, 2.24) is 14.0 Å². The van der Waals surface area contributed by atoms with E-state index in [1.54, 1.807) is 4.40 Å². The molecule has 6 rings (SSSR count). The van der Waals surface area contributed by atoms with Gasteiger partial charge in [0.25, 0.3) is 5.56 Å². The summed E-state index contributed by atoms with van der Waals surface area (Å²) < 4.78 is 4.78. The van der Waals surface area contributed by atoms with Gasteiger partial charge in [-0.3, -0.25) is 4.79 Å². The van der Waals surface area contributed by atoms with Crippen molar-refractivity contribution in [2.75, 3.05) is 0 Å². The second-order valence-corrected chi connectivity index (χ2v) is 9.23. The van der Waals surface area contributed by atoms with Crippen LogP contribution in [0.4, 0.5) is 0 Å². The fourth-order valence-corrected chi connectivity index (χ4v) is 5.55. The number of aryl methyl sites for hydroxylation is 1. The Kier molecular flexibility index (Phi) is 4.26. The molecule has 0 amide bonds. The standard InChI is InChI=1S/C27H21N3OS/c1-17-8-7-9-19(14-17)16-29-18(2)21(20-10-3-5-12-23(20)29)15-25-26(31)30-24-13-6-4-11-22(24)28-27(30)32-25/h3-15H,16H2,1-2H3/b25-15-. The van der Waals surface area contributed by atoms with Crippen molar-refractivity contribution in [3.8, 4) is 0 Å². The van der Waals surface area contributed by atoms with Gasteiger partial charge in [0, 0.05) is 28.7 Å². The Morgan fingerprint density at radius 1 is 0.938 bits per heavy atom. The maximum absolute atomic E-state index is 13.3. The number of aromatic nitrogens is 3. The highest BCUT2D eigenvalue weighted by Gasteiger charge is 2.15. The quantitative estimate of drug-likeness (QED) is 0.389. The van der Waals surface area contributed by atoms with Crippen LogP contribution in [0.2, 0.25) is 0 Å². The highest BCUT2D eigenvalue weighted by molar-refractivity contribution is 7.15. The minimum absolute atomic E-state index is 0.00591. The zero-order valence-corrected chi connectivity index (χ0v) is 18.7. The topological polar surface area (TPSA) is 39.3 Å². The Labute approximate surface area is 188 Å². The molecule has 3 heterocycles. The van der Waals surface area contributed by atoms with Crippen molar-refractivity contribution < 1.29 is 0 Å². The Balaban J connectivity index is 1.57. The maximum Gasteiger partial charge on any atom is 0.274 e. The molecule has 4 nitrogen and oxygen atoms in total. The molecule has 3 aromatic carbocycles. The van der Waals surface area contributed by atoms with E-state index >= 15 is 0 Å². The van der Waals surface area contributed by atoms with Gasteiger partial charge in [0.2, 0.25) is 0 Å². The summed E-state index contributed by atoms with van der Waals surface area (Å²) in [5.74, 6) is 0. The van der Waals surface area contributed by atoms with Gasteiger partial charge in [-0.2, -0.15) is 0 Å². The highest BCUT2D eigenvalue weighted by Crippen LogP contribution is 2.28. The molecule has 0 aliphatic rings. The van der Waals surface area contributed by atoms with Crippen LogP contribution in [0.1, 0.15) is 22.4 Å². The predicted octanol–water partition coefficient (Wildman–Crippen LogP) is 5.08. The number of hydrogen-bond acceptors (Lipinski definition) is 3. The average molecular weight is 436 g/mol. The molecule has 5 heteroatoms. The van der Waals surface area contributed by atoms with Crippen molar-refractivity contribution in [3.63, 3.8) is 0 Å². The summed E-state index contributed by atoms with van der Waals surface area (Å²) in [6, 6.07) is 24.8. The first-order chi connectivity index (χ1) is 15.6. The van der Waals surface area contributed by atoms with E-state index < -0.39 is 0 Å². The fourth-order valence-electron chi connectivity index (χ4n) is 4.58. The molecule has 0 saturated heterocycles. The lowest BCUT2D eigenvalue weighted by atomic mass is 10.1. The Morgan fingerprint density at radius 2 is 1.72 bits per heavy atom. The Hall–Kier alpha value is -3.70. The number of nitrogens with zero attached hydrogens (tertiary/aromatic N) is 3. The van der Waals surface area contributed by atoms with Crippen molar-refractivity contribution in [1.29, 1.82) is 0 Å². The molecule has 0 radical (unpaired) electrons. The van der Waals surface area contributed by atoms with E-state index in [2.05, 4.69) is 71.9 Å². The first kappa shape index (κ1) is 19.0. The molecule has 0 fully saturated rings. The molecule has 32 heavy (non-hydrogen) atoms.